The number of benzene rings is 2. The molecule has 1 fully saturated rings. The normalized spacial score (nSPS) is 16.4. The average molecular weight is 525 g/mol. The zero-order valence-electron chi connectivity index (χ0n) is 22.6. The van der Waals surface area contributed by atoms with Crippen molar-refractivity contribution in [1.82, 2.24) is 10.2 Å². The second kappa shape index (κ2) is 12.1. The molecular weight excluding hydrogens is 488 g/mol. The van der Waals surface area contributed by atoms with Gasteiger partial charge in [0.05, 0.1) is 18.4 Å². The molecule has 2 aromatic carbocycles. The molecule has 0 bridgehead atoms. The number of amides is 3. The van der Waals surface area contributed by atoms with Gasteiger partial charge in [0.1, 0.15) is 18.8 Å². The molecule has 0 spiro atoms. The Kier molecular flexibility index (Phi) is 9.14. The number of esters is 1. The third kappa shape index (κ3) is 8.06. The van der Waals surface area contributed by atoms with Crippen molar-refractivity contribution in [3.05, 3.63) is 71.8 Å². The molecule has 2 atom stereocenters. The fraction of sp³-hybridized carbons (Fsp3) is 0.448. The summed E-state index contributed by atoms with van der Waals surface area (Å²) >= 11 is 0. The summed E-state index contributed by atoms with van der Waals surface area (Å²) in [7, 11) is 0. The molecule has 9 heteroatoms. The SMILES string of the molecule is CC(C)(C)OC(=O)NC(C)(C)C(CC(=O)OCc1ccccc1)C(=O)N1C(=O)OC[C@H]1Cc1ccccc1. The van der Waals surface area contributed by atoms with Gasteiger partial charge in [0.25, 0.3) is 0 Å². The fourth-order valence-corrected chi connectivity index (χ4v) is 4.20. The minimum Gasteiger partial charge on any atom is -0.461 e. The van der Waals surface area contributed by atoms with E-state index in [-0.39, 0.29) is 19.6 Å². The number of carbonyl (C=O) groups is 4. The minimum atomic E-state index is -1.27. The Morgan fingerprint density at radius 1 is 0.974 bits per heavy atom. The summed E-state index contributed by atoms with van der Waals surface area (Å²) in [6.07, 6.45) is -1.51. The maximum Gasteiger partial charge on any atom is 0.416 e. The summed E-state index contributed by atoms with van der Waals surface area (Å²) in [6.45, 7) is 8.44. The van der Waals surface area contributed by atoms with E-state index in [0.717, 1.165) is 16.0 Å². The lowest BCUT2D eigenvalue weighted by atomic mass is 9.83. The molecule has 1 aliphatic rings. The van der Waals surface area contributed by atoms with Crippen LogP contribution in [0.4, 0.5) is 9.59 Å². The molecule has 0 aromatic heterocycles. The van der Waals surface area contributed by atoms with Crippen LogP contribution in [0.1, 0.15) is 52.2 Å². The van der Waals surface area contributed by atoms with Crippen molar-refractivity contribution in [2.45, 2.75) is 71.2 Å². The first-order valence-corrected chi connectivity index (χ1v) is 12.6. The quantitative estimate of drug-likeness (QED) is 0.376. The molecule has 1 saturated heterocycles. The lowest BCUT2D eigenvalue weighted by Gasteiger charge is -2.36. The topological polar surface area (TPSA) is 111 Å². The molecule has 204 valence electrons. The van der Waals surface area contributed by atoms with Gasteiger partial charge >= 0.3 is 18.2 Å². The Bertz CT molecular complexity index is 1130. The Morgan fingerprint density at radius 2 is 1.55 bits per heavy atom. The first-order chi connectivity index (χ1) is 17.9. The van der Waals surface area contributed by atoms with Crippen molar-refractivity contribution in [1.29, 1.82) is 0 Å². The monoisotopic (exact) mass is 524 g/mol. The summed E-state index contributed by atoms with van der Waals surface area (Å²) in [6, 6.07) is 18.0. The van der Waals surface area contributed by atoms with Crippen LogP contribution in [0.15, 0.2) is 60.7 Å². The number of carbonyl (C=O) groups excluding carboxylic acids is 4. The van der Waals surface area contributed by atoms with Crippen LogP contribution >= 0.6 is 0 Å². The van der Waals surface area contributed by atoms with Crippen LogP contribution in [-0.2, 0) is 36.8 Å². The second-order valence-electron chi connectivity index (χ2n) is 10.9. The Balaban J connectivity index is 1.82. The predicted octanol–water partition coefficient (Wildman–Crippen LogP) is 4.63. The van der Waals surface area contributed by atoms with E-state index in [4.69, 9.17) is 14.2 Å². The van der Waals surface area contributed by atoms with Gasteiger partial charge in [-0.1, -0.05) is 60.7 Å². The maximum absolute atomic E-state index is 13.9. The number of hydrogen-bond donors (Lipinski definition) is 1. The number of imide groups is 1. The fourth-order valence-electron chi connectivity index (χ4n) is 4.20. The number of rotatable bonds is 9. The molecule has 1 heterocycles. The lowest BCUT2D eigenvalue weighted by molar-refractivity contribution is -0.151. The van der Waals surface area contributed by atoms with Crippen LogP contribution in [0.25, 0.3) is 0 Å². The Hall–Kier alpha value is -3.88. The van der Waals surface area contributed by atoms with Gasteiger partial charge in [-0.05, 0) is 52.2 Å². The van der Waals surface area contributed by atoms with Gasteiger partial charge in [0.2, 0.25) is 5.91 Å². The standard InChI is InChI=1S/C29H36N2O7/c1-28(2,3)38-26(34)30-29(4,5)23(17-24(32)36-18-21-14-10-7-11-15-21)25(33)31-22(19-37-27(31)35)16-20-12-8-6-9-13-20/h6-15,22-23H,16-19H2,1-5H3,(H,30,34)/t22-,23?/m1/s1. The third-order valence-electron chi connectivity index (χ3n) is 6.12. The average Bonchev–Trinajstić information content (AvgIpc) is 3.20. The van der Waals surface area contributed by atoms with Crippen molar-refractivity contribution in [3.8, 4) is 0 Å². The van der Waals surface area contributed by atoms with E-state index in [1.165, 1.54) is 0 Å². The van der Waals surface area contributed by atoms with Gasteiger partial charge < -0.3 is 19.5 Å². The number of hydrogen-bond acceptors (Lipinski definition) is 7. The van der Waals surface area contributed by atoms with Crippen molar-refractivity contribution in [2.75, 3.05) is 6.61 Å². The molecule has 3 rings (SSSR count). The van der Waals surface area contributed by atoms with Gasteiger partial charge in [-0.2, -0.15) is 0 Å². The second-order valence-corrected chi connectivity index (χ2v) is 10.9. The summed E-state index contributed by atoms with van der Waals surface area (Å²) < 4.78 is 16.0. The highest BCUT2D eigenvalue weighted by molar-refractivity contribution is 5.97. The molecule has 0 radical (unpaired) electrons. The smallest absolute Gasteiger partial charge is 0.416 e. The maximum atomic E-state index is 13.9. The zero-order chi connectivity index (χ0) is 27.9. The van der Waals surface area contributed by atoms with Gasteiger partial charge in [-0.25, -0.2) is 14.5 Å². The molecule has 1 aliphatic heterocycles. The van der Waals surface area contributed by atoms with Crippen LogP contribution in [0.5, 0.6) is 0 Å². The molecule has 1 unspecified atom stereocenters. The van der Waals surface area contributed by atoms with Crippen LogP contribution in [-0.4, -0.2) is 52.8 Å². The molecule has 9 nitrogen and oxygen atoms in total. The third-order valence-corrected chi connectivity index (χ3v) is 6.12. The first kappa shape index (κ1) is 28.7. The molecule has 1 N–H and O–H groups in total. The molecule has 3 amide bonds. The largest absolute Gasteiger partial charge is 0.461 e. The van der Waals surface area contributed by atoms with Crippen molar-refractivity contribution in [3.63, 3.8) is 0 Å². The molecule has 38 heavy (non-hydrogen) atoms. The van der Waals surface area contributed by atoms with E-state index in [9.17, 15) is 19.2 Å². The molecule has 0 aliphatic carbocycles. The van der Waals surface area contributed by atoms with E-state index < -0.39 is 47.2 Å². The number of cyclic esters (lactones) is 1. The lowest BCUT2D eigenvalue weighted by Crippen LogP contribution is -2.57. The van der Waals surface area contributed by atoms with Crippen LogP contribution in [0.2, 0.25) is 0 Å². The van der Waals surface area contributed by atoms with Crippen molar-refractivity contribution in [2.24, 2.45) is 5.92 Å². The van der Waals surface area contributed by atoms with Crippen molar-refractivity contribution >= 4 is 24.1 Å². The first-order valence-electron chi connectivity index (χ1n) is 12.6. The molecule has 0 saturated carbocycles. The number of nitrogens with zero attached hydrogens (tertiary/aromatic N) is 1. The Morgan fingerprint density at radius 3 is 2.13 bits per heavy atom. The van der Waals surface area contributed by atoms with E-state index in [1.807, 2.05) is 60.7 Å². The minimum absolute atomic E-state index is 0.0306. The number of nitrogens with one attached hydrogen (secondary N) is 1. The van der Waals surface area contributed by atoms with E-state index in [2.05, 4.69) is 5.32 Å². The zero-order valence-corrected chi connectivity index (χ0v) is 22.6. The summed E-state index contributed by atoms with van der Waals surface area (Å²) in [4.78, 5) is 53.2. The van der Waals surface area contributed by atoms with Crippen molar-refractivity contribution < 1.29 is 33.4 Å². The van der Waals surface area contributed by atoms with Gasteiger partial charge in [0, 0.05) is 5.54 Å². The van der Waals surface area contributed by atoms with E-state index in [0.29, 0.717) is 6.42 Å². The molecular formula is C29H36N2O7. The van der Waals surface area contributed by atoms with E-state index >= 15 is 0 Å². The van der Waals surface area contributed by atoms with E-state index in [1.54, 1.807) is 34.6 Å². The highest BCUT2D eigenvalue weighted by atomic mass is 16.6. The van der Waals surface area contributed by atoms with Gasteiger partial charge in [-0.3, -0.25) is 9.59 Å². The van der Waals surface area contributed by atoms with Gasteiger partial charge in [0.15, 0.2) is 0 Å². The van der Waals surface area contributed by atoms with Gasteiger partial charge in [-0.15, -0.1) is 0 Å². The van der Waals surface area contributed by atoms with Crippen LogP contribution < -0.4 is 5.32 Å². The summed E-state index contributed by atoms with van der Waals surface area (Å²) in [5, 5.41) is 2.71. The highest BCUT2D eigenvalue weighted by Gasteiger charge is 2.47. The molecule has 2 aromatic rings. The summed E-state index contributed by atoms with van der Waals surface area (Å²) in [5.41, 5.74) is -0.321. The van der Waals surface area contributed by atoms with Crippen LogP contribution in [0, 0.1) is 5.92 Å². The predicted molar refractivity (Wildman–Crippen MR) is 140 cm³/mol. The number of alkyl carbamates (subject to hydrolysis) is 1. The Labute approximate surface area is 223 Å². The number of ether oxygens (including phenoxy) is 3. The highest BCUT2D eigenvalue weighted by Crippen LogP contribution is 2.29. The summed E-state index contributed by atoms with van der Waals surface area (Å²) in [5.74, 6) is -2.41. The van der Waals surface area contributed by atoms with Crippen LogP contribution in [0.3, 0.4) is 0 Å².